The van der Waals surface area contributed by atoms with Crippen LogP contribution in [0.5, 0.6) is 0 Å². The van der Waals surface area contributed by atoms with E-state index in [0.29, 0.717) is 10.9 Å². The van der Waals surface area contributed by atoms with Gasteiger partial charge in [0.2, 0.25) is 0 Å². The van der Waals surface area contributed by atoms with E-state index < -0.39 is 0 Å². The number of halogens is 2. The molecule has 2 aliphatic rings. The summed E-state index contributed by atoms with van der Waals surface area (Å²) in [6, 6.07) is 4.51. The molecule has 1 saturated carbocycles. The van der Waals surface area contributed by atoms with E-state index in [2.05, 4.69) is 5.32 Å². The standard InChI is InChI=1S/C13H15ClFNO/c14-11-5-9(15)3-4-10(11)13-7-16-6-12(17-13)8-1-2-8/h3-5,8,12-13,16H,1-2,6-7H2. The Labute approximate surface area is 105 Å². The highest BCUT2D eigenvalue weighted by Crippen LogP contribution is 2.38. The summed E-state index contributed by atoms with van der Waals surface area (Å²) in [5.74, 6) is 0.394. The van der Waals surface area contributed by atoms with Gasteiger partial charge in [0, 0.05) is 23.7 Å². The van der Waals surface area contributed by atoms with E-state index >= 15 is 0 Å². The molecule has 0 aromatic heterocycles. The minimum atomic E-state index is -0.304. The van der Waals surface area contributed by atoms with Crippen molar-refractivity contribution in [3.8, 4) is 0 Å². The average molecular weight is 256 g/mol. The molecule has 1 aliphatic heterocycles. The van der Waals surface area contributed by atoms with Crippen LogP contribution in [0.2, 0.25) is 5.02 Å². The second kappa shape index (κ2) is 4.56. The molecular formula is C13H15ClFNO. The lowest BCUT2D eigenvalue weighted by molar-refractivity contribution is -0.0493. The summed E-state index contributed by atoms with van der Waals surface area (Å²) >= 11 is 6.06. The van der Waals surface area contributed by atoms with Crippen molar-refractivity contribution in [3.63, 3.8) is 0 Å². The Morgan fingerprint density at radius 1 is 1.29 bits per heavy atom. The van der Waals surface area contributed by atoms with Crippen LogP contribution in [-0.4, -0.2) is 19.2 Å². The number of nitrogens with one attached hydrogen (secondary N) is 1. The molecule has 1 saturated heterocycles. The van der Waals surface area contributed by atoms with E-state index in [9.17, 15) is 4.39 Å². The third-order valence-electron chi connectivity index (χ3n) is 3.47. The highest BCUT2D eigenvalue weighted by molar-refractivity contribution is 6.31. The molecule has 1 aliphatic carbocycles. The molecule has 17 heavy (non-hydrogen) atoms. The maximum atomic E-state index is 13.0. The van der Waals surface area contributed by atoms with Crippen LogP contribution >= 0.6 is 11.6 Å². The van der Waals surface area contributed by atoms with Crippen LogP contribution in [0.1, 0.15) is 24.5 Å². The van der Waals surface area contributed by atoms with Crippen LogP contribution in [-0.2, 0) is 4.74 Å². The van der Waals surface area contributed by atoms with Gasteiger partial charge in [-0.25, -0.2) is 4.39 Å². The van der Waals surface area contributed by atoms with Crippen LogP contribution in [0.4, 0.5) is 4.39 Å². The number of ether oxygens (including phenoxy) is 1. The van der Waals surface area contributed by atoms with Crippen LogP contribution in [0.3, 0.4) is 0 Å². The Balaban J connectivity index is 1.77. The summed E-state index contributed by atoms with van der Waals surface area (Å²) in [5.41, 5.74) is 0.880. The molecule has 0 spiro atoms. The second-order valence-corrected chi connectivity index (χ2v) is 5.23. The Kier molecular flexibility index (Phi) is 3.07. The SMILES string of the molecule is Fc1ccc(C2CNCC(C3CC3)O2)c(Cl)c1. The van der Waals surface area contributed by atoms with Crippen LogP contribution in [0.15, 0.2) is 18.2 Å². The predicted molar refractivity (Wildman–Crippen MR) is 64.6 cm³/mol. The Bertz CT molecular complexity index is 422. The van der Waals surface area contributed by atoms with E-state index in [-0.39, 0.29) is 18.0 Å². The van der Waals surface area contributed by atoms with Gasteiger partial charge in [-0.2, -0.15) is 0 Å². The Morgan fingerprint density at radius 3 is 2.82 bits per heavy atom. The second-order valence-electron chi connectivity index (χ2n) is 4.82. The van der Waals surface area contributed by atoms with Crippen molar-refractivity contribution < 1.29 is 9.13 Å². The van der Waals surface area contributed by atoms with Gasteiger partial charge in [0.15, 0.2) is 0 Å². The zero-order chi connectivity index (χ0) is 11.8. The molecular weight excluding hydrogens is 241 g/mol. The van der Waals surface area contributed by atoms with Crippen molar-refractivity contribution >= 4 is 11.6 Å². The molecule has 1 heterocycles. The molecule has 2 fully saturated rings. The molecule has 0 radical (unpaired) electrons. The Hall–Kier alpha value is -0.640. The third kappa shape index (κ3) is 2.46. The molecule has 92 valence electrons. The summed E-state index contributed by atoms with van der Waals surface area (Å²) in [6.07, 6.45) is 2.75. The lowest BCUT2D eigenvalue weighted by Crippen LogP contribution is -2.41. The third-order valence-corrected chi connectivity index (χ3v) is 3.80. The van der Waals surface area contributed by atoms with Crippen LogP contribution < -0.4 is 5.32 Å². The van der Waals surface area contributed by atoms with E-state index in [4.69, 9.17) is 16.3 Å². The van der Waals surface area contributed by atoms with Gasteiger partial charge in [0.25, 0.3) is 0 Å². The molecule has 0 bridgehead atoms. The van der Waals surface area contributed by atoms with E-state index in [0.717, 1.165) is 18.7 Å². The fourth-order valence-corrected chi connectivity index (χ4v) is 2.64. The average Bonchev–Trinajstić information content (AvgIpc) is 3.13. The van der Waals surface area contributed by atoms with Crippen molar-refractivity contribution in [2.75, 3.05) is 13.1 Å². The largest absolute Gasteiger partial charge is 0.367 e. The molecule has 0 amide bonds. The molecule has 1 aromatic carbocycles. The Morgan fingerprint density at radius 2 is 2.12 bits per heavy atom. The molecule has 3 rings (SSSR count). The van der Waals surface area contributed by atoms with Gasteiger partial charge >= 0.3 is 0 Å². The molecule has 2 nitrogen and oxygen atoms in total. The summed E-state index contributed by atoms with van der Waals surface area (Å²) in [6.45, 7) is 1.66. The predicted octanol–water partition coefficient (Wildman–Crippen LogP) is 2.92. The number of morpholine rings is 1. The molecule has 1 aromatic rings. The van der Waals surface area contributed by atoms with Gasteiger partial charge in [-0.1, -0.05) is 17.7 Å². The molecule has 2 atom stereocenters. The maximum Gasteiger partial charge on any atom is 0.124 e. The van der Waals surface area contributed by atoms with Gasteiger partial charge in [-0.3, -0.25) is 0 Å². The first-order valence-electron chi connectivity index (χ1n) is 6.05. The zero-order valence-corrected chi connectivity index (χ0v) is 10.2. The molecule has 1 N–H and O–H groups in total. The quantitative estimate of drug-likeness (QED) is 0.877. The fraction of sp³-hybridized carbons (Fsp3) is 0.538. The smallest absolute Gasteiger partial charge is 0.124 e. The van der Waals surface area contributed by atoms with E-state index in [1.807, 2.05) is 0 Å². The van der Waals surface area contributed by atoms with Crippen LogP contribution in [0.25, 0.3) is 0 Å². The van der Waals surface area contributed by atoms with Gasteiger partial charge in [-0.15, -0.1) is 0 Å². The zero-order valence-electron chi connectivity index (χ0n) is 9.46. The van der Waals surface area contributed by atoms with Crippen LogP contribution in [0, 0.1) is 11.7 Å². The molecule has 2 unspecified atom stereocenters. The van der Waals surface area contributed by atoms with Crippen molar-refractivity contribution in [2.45, 2.75) is 25.0 Å². The van der Waals surface area contributed by atoms with Crippen molar-refractivity contribution in [1.82, 2.24) is 5.32 Å². The summed E-state index contributed by atoms with van der Waals surface area (Å²) in [5, 5.41) is 3.82. The van der Waals surface area contributed by atoms with Crippen molar-refractivity contribution in [2.24, 2.45) is 5.92 Å². The first kappa shape index (κ1) is 11.5. The number of hydrogen-bond acceptors (Lipinski definition) is 2. The fourth-order valence-electron chi connectivity index (χ4n) is 2.36. The highest BCUT2D eigenvalue weighted by Gasteiger charge is 2.36. The van der Waals surface area contributed by atoms with Gasteiger partial charge < -0.3 is 10.1 Å². The normalized spacial score (nSPS) is 29.3. The topological polar surface area (TPSA) is 21.3 Å². The molecule has 4 heteroatoms. The lowest BCUT2D eigenvalue weighted by atomic mass is 10.1. The summed E-state index contributed by atoms with van der Waals surface area (Å²) < 4.78 is 19.0. The van der Waals surface area contributed by atoms with Gasteiger partial charge in [0.05, 0.1) is 12.2 Å². The first-order valence-corrected chi connectivity index (χ1v) is 6.43. The monoisotopic (exact) mass is 255 g/mol. The van der Waals surface area contributed by atoms with Crippen molar-refractivity contribution in [1.29, 1.82) is 0 Å². The summed E-state index contributed by atoms with van der Waals surface area (Å²) in [4.78, 5) is 0. The van der Waals surface area contributed by atoms with E-state index in [1.54, 1.807) is 6.07 Å². The number of benzene rings is 1. The maximum absolute atomic E-state index is 13.0. The van der Waals surface area contributed by atoms with Gasteiger partial charge in [0.1, 0.15) is 5.82 Å². The number of hydrogen-bond donors (Lipinski definition) is 1. The first-order chi connectivity index (χ1) is 8.24. The minimum absolute atomic E-state index is 0.0533. The highest BCUT2D eigenvalue weighted by atomic mass is 35.5. The van der Waals surface area contributed by atoms with E-state index in [1.165, 1.54) is 25.0 Å². The minimum Gasteiger partial charge on any atom is -0.367 e. The van der Waals surface area contributed by atoms with Crippen molar-refractivity contribution in [3.05, 3.63) is 34.6 Å². The van der Waals surface area contributed by atoms with Gasteiger partial charge in [-0.05, 0) is 30.9 Å². The lowest BCUT2D eigenvalue weighted by Gasteiger charge is -2.31. The number of rotatable bonds is 2. The summed E-state index contributed by atoms with van der Waals surface area (Å²) in [7, 11) is 0.